The Labute approximate surface area is 154 Å². The monoisotopic (exact) mass is 354 g/mol. The molecule has 2 aromatic carbocycles. The standard InChI is InChI=1S/C21H26N2O3/c1-17-4-2-5-20(16-17)26-15-3-6-21(25)23-13-11-22(12-14-23)18-7-9-19(24)10-8-18/h2,4-5,7-10,16,24H,3,6,11-15H2,1H3. The van der Waals surface area contributed by atoms with Crippen LogP contribution in [0, 0.1) is 6.92 Å². The molecule has 138 valence electrons. The van der Waals surface area contributed by atoms with Gasteiger partial charge in [-0.05, 0) is 55.3 Å². The fourth-order valence-electron chi connectivity index (χ4n) is 3.15. The minimum atomic E-state index is 0.197. The number of aromatic hydroxyl groups is 1. The van der Waals surface area contributed by atoms with Gasteiger partial charge in [0.05, 0.1) is 6.61 Å². The van der Waals surface area contributed by atoms with E-state index in [0.717, 1.165) is 44.0 Å². The molecule has 1 amide bonds. The summed E-state index contributed by atoms with van der Waals surface area (Å²) in [6, 6.07) is 15.2. The molecule has 0 aliphatic carbocycles. The van der Waals surface area contributed by atoms with Gasteiger partial charge in [0.1, 0.15) is 11.5 Å². The first kappa shape index (κ1) is 18.1. The summed E-state index contributed by atoms with van der Waals surface area (Å²) < 4.78 is 5.71. The Morgan fingerprint density at radius 3 is 2.50 bits per heavy atom. The molecule has 3 rings (SSSR count). The number of phenols is 1. The highest BCUT2D eigenvalue weighted by Gasteiger charge is 2.20. The number of nitrogens with zero attached hydrogens (tertiary/aromatic N) is 2. The van der Waals surface area contributed by atoms with Crippen molar-refractivity contribution in [3.63, 3.8) is 0 Å². The number of aryl methyl sites for hydroxylation is 1. The number of ether oxygens (including phenoxy) is 1. The molecule has 0 aromatic heterocycles. The Morgan fingerprint density at radius 1 is 1.08 bits per heavy atom. The number of hydrogen-bond acceptors (Lipinski definition) is 4. The van der Waals surface area contributed by atoms with Crippen LogP contribution in [0.4, 0.5) is 5.69 Å². The molecule has 1 N–H and O–H groups in total. The maximum Gasteiger partial charge on any atom is 0.222 e. The zero-order valence-electron chi connectivity index (χ0n) is 15.2. The van der Waals surface area contributed by atoms with Crippen molar-refractivity contribution in [2.75, 3.05) is 37.7 Å². The van der Waals surface area contributed by atoms with Gasteiger partial charge in [-0.15, -0.1) is 0 Å². The van der Waals surface area contributed by atoms with E-state index in [9.17, 15) is 9.90 Å². The van der Waals surface area contributed by atoms with Crippen LogP contribution in [0.1, 0.15) is 18.4 Å². The molecule has 0 radical (unpaired) electrons. The highest BCUT2D eigenvalue weighted by molar-refractivity contribution is 5.76. The van der Waals surface area contributed by atoms with Gasteiger partial charge in [0.15, 0.2) is 0 Å². The largest absolute Gasteiger partial charge is 0.508 e. The average Bonchev–Trinajstić information content (AvgIpc) is 2.66. The van der Waals surface area contributed by atoms with Gasteiger partial charge in [-0.3, -0.25) is 4.79 Å². The highest BCUT2D eigenvalue weighted by atomic mass is 16.5. The summed E-state index contributed by atoms with van der Waals surface area (Å²) in [4.78, 5) is 16.5. The number of rotatable bonds is 6. The average molecular weight is 354 g/mol. The maximum absolute atomic E-state index is 12.4. The highest BCUT2D eigenvalue weighted by Crippen LogP contribution is 2.20. The summed E-state index contributed by atoms with van der Waals surface area (Å²) in [5, 5.41) is 9.38. The summed E-state index contributed by atoms with van der Waals surface area (Å²) in [5.41, 5.74) is 2.26. The lowest BCUT2D eigenvalue weighted by Crippen LogP contribution is -2.48. The van der Waals surface area contributed by atoms with E-state index >= 15 is 0 Å². The minimum absolute atomic E-state index is 0.197. The molecule has 1 saturated heterocycles. The number of carbonyl (C=O) groups excluding carboxylic acids is 1. The summed E-state index contributed by atoms with van der Waals surface area (Å²) in [6.45, 7) is 5.69. The van der Waals surface area contributed by atoms with E-state index in [4.69, 9.17) is 4.74 Å². The van der Waals surface area contributed by atoms with Crippen LogP contribution >= 0.6 is 0 Å². The van der Waals surface area contributed by atoms with Gasteiger partial charge in [-0.25, -0.2) is 0 Å². The van der Waals surface area contributed by atoms with Crippen LogP contribution in [0.2, 0.25) is 0 Å². The van der Waals surface area contributed by atoms with E-state index in [1.165, 1.54) is 5.56 Å². The van der Waals surface area contributed by atoms with Gasteiger partial charge in [0.25, 0.3) is 0 Å². The normalized spacial score (nSPS) is 14.3. The second-order valence-corrected chi connectivity index (χ2v) is 6.65. The molecule has 1 aliphatic heterocycles. The summed E-state index contributed by atoms with van der Waals surface area (Å²) in [6.07, 6.45) is 1.25. The number of piperazine rings is 1. The molecule has 0 spiro atoms. The molecule has 0 saturated carbocycles. The predicted molar refractivity (Wildman–Crippen MR) is 103 cm³/mol. The van der Waals surface area contributed by atoms with Gasteiger partial charge in [0, 0.05) is 38.3 Å². The third-order valence-corrected chi connectivity index (χ3v) is 4.64. The minimum Gasteiger partial charge on any atom is -0.508 e. The van der Waals surface area contributed by atoms with Crippen molar-refractivity contribution in [1.29, 1.82) is 0 Å². The Hall–Kier alpha value is -2.69. The molecule has 2 aromatic rings. The van der Waals surface area contributed by atoms with Crippen LogP contribution in [0.25, 0.3) is 0 Å². The van der Waals surface area contributed by atoms with Crippen LogP contribution in [0.15, 0.2) is 48.5 Å². The lowest BCUT2D eigenvalue weighted by Gasteiger charge is -2.36. The topological polar surface area (TPSA) is 53.0 Å². The molecule has 26 heavy (non-hydrogen) atoms. The van der Waals surface area contributed by atoms with E-state index in [0.29, 0.717) is 13.0 Å². The second-order valence-electron chi connectivity index (χ2n) is 6.65. The van der Waals surface area contributed by atoms with Crippen LogP contribution < -0.4 is 9.64 Å². The molecular formula is C21H26N2O3. The smallest absolute Gasteiger partial charge is 0.222 e. The van der Waals surface area contributed by atoms with Crippen LogP contribution in [-0.4, -0.2) is 48.7 Å². The van der Waals surface area contributed by atoms with Crippen LogP contribution in [0.3, 0.4) is 0 Å². The Balaban J connectivity index is 1.37. The van der Waals surface area contributed by atoms with Crippen molar-refractivity contribution in [1.82, 2.24) is 4.90 Å². The molecule has 0 bridgehead atoms. The maximum atomic E-state index is 12.4. The molecule has 0 atom stereocenters. The van der Waals surface area contributed by atoms with Crippen molar-refractivity contribution in [2.24, 2.45) is 0 Å². The molecule has 5 heteroatoms. The third-order valence-electron chi connectivity index (χ3n) is 4.64. The van der Waals surface area contributed by atoms with Gasteiger partial charge in [0.2, 0.25) is 5.91 Å². The fraction of sp³-hybridized carbons (Fsp3) is 0.381. The molecule has 1 fully saturated rings. The van der Waals surface area contributed by atoms with E-state index in [1.807, 2.05) is 48.2 Å². The van der Waals surface area contributed by atoms with Crippen LogP contribution in [-0.2, 0) is 4.79 Å². The van der Waals surface area contributed by atoms with Gasteiger partial charge in [-0.1, -0.05) is 12.1 Å². The number of hydrogen-bond donors (Lipinski definition) is 1. The van der Waals surface area contributed by atoms with E-state index in [2.05, 4.69) is 4.90 Å². The summed E-state index contributed by atoms with van der Waals surface area (Å²) >= 11 is 0. The van der Waals surface area contributed by atoms with E-state index < -0.39 is 0 Å². The number of amides is 1. The van der Waals surface area contributed by atoms with Crippen LogP contribution in [0.5, 0.6) is 11.5 Å². The van der Waals surface area contributed by atoms with E-state index in [-0.39, 0.29) is 11.7 Å². The van der Waals surface area contributed by atoms with Crippen molar-refractivity contribution in [3.05, 3.63) is 54.1 Å². The fourth-order valence-corrected chi connectivity index (χ4v) is 3.15. The number of benzene rings is 2. The Kier molecular flexibility index (Phi) is 6.00. The zero-order chi connectivity index (χ0) is 18.4. The zero-order valence-corrected chi connectivity index (χ0v) is 15.2. The summed E-state index contributed by atoms with van der Waals surface area (Å²) in [7, 11) is 0. The Morgan fingerprint density at radius 2 is 1.81 bits per heavy atom. The first-order valence-corrected chi connectivity index (χ1v) is 9.13. The van der Waals surface area contributed by atoms with Crippen molar-refractivity contribution >= 4 is 11.6 Å². The predicted octanol–water partition coefficient (Wildman–Crippen LogP) is 3.21. The van der Waals surface area contributed by atoms with Crippen molar-refractivity contribution < 1.29 is 14.6 Å². The lowest BCUT2D eigenvalue weighted by molar-refractivity contribution is -0.131. The van der Waals surface area contributed by atoms with Crippen molar-refractivity contribution in [2.45, 2.75) is 19.8 Å². The molecule has 1 aliphatic rings. The first-order chi connectivity index (χ1) is 12.6. The number of phenolic OH excluding ortho intramolecular Hbond substituents is 1. The second kappa shape index (κ2) is 8.61. The third kappa shape index (κ3) is 4.91. The first-order valence-electron chi connectivity index (χ1n) is 9.13. The molecule has 1 heterocycles. The van der Waals surface area contributed by atoms with Crippen molar-refractivity contribution in [3.8, 4) is 11.5 Å². The number of carbonyl (C=O) groups is 1. The number of anilines is 1. The van der Waals surface area contributed by atoms with Gasteiger partial charge >= 0.3 is 0 Å². The van der Waals surface area contributed by atoms with Gasteiger partial charge < -0.3 is 19.6 Å². The lowest BCUT2D eigenvalue weighted by atomic mass is 10.2. The van der Waals surface area contributed by atoms with E-state index in [1.54, 1.807) is 12.1 Å². The molecular weight excluding hydrogens is 328 g/mol. The summed E-state index contributed by atoms with van der Waals surface area (Å²) in [5.74, 6) is 1.33. The molecule has 5 nitrogen and oxygen atoms in total. The van der Waals surface area contributed by atoms with Gasteiger partial charge in [-0.2, -0.15) is 0 Å². The quantitative estimate of drug-likeness (QED) is 0.810. The SMILES string of the molecule is Cc1cccc(OCCCC(=O)N2CCN(c3ccc(O)cc3)CC2)c1. The Bertz CT molecular complexity index is 722. The molecule has 0 unspecified atom stereocenters.